The van der Waals surface area contributed by atoms with Crippen LogP contribution in [0.2, 0.25) is 0 Å². The second-order valence-corrected chi connectivity index (χ2v) is 7.05. The molecule has 1 saturated heterocycles. The molecule has 2 heterocycles. The Balaban J connectivity index is 1.51. The van der Waals surface area contributed by atoms with Crippen LogP contribution in [0.15, 0.2) is 35.2 Å². The highest BCUT2D eigenvalue weighted by Gasteiger charge is 2.30. The van der Waals surface area contributed by atoms with Crippen molar-refractivity contribution >= 4 is 29.2 Å². The Bertz CT molecular complexity index is 822. The first-order valence-electron chi connectivity index (χ1n) is 8.50. The predicted octanol–water partition coefficient (Wildman–Crippen LogP) is 1.90. The van der Waals surface area contributed by atoms with Gasteiger partial charge in [0.2, 0.25) is 0 Å². The van der Waals surface area contributed by atoms with E-state index < -0.39 is 5.97 Å². The van der Waals surface area contributed by atoms with Gasteiger partial charge in [-0.15, -0.1) is 11.3 Å². The Kier molecular flexibility index (Phi) is 5.70. The zero-order valence-electron chi connectivity index (χ0n) is 14.8. The van der Waals surface area contributed by atoms with Crippen molar-refractivity contribution in [2.75, 3.05) is 19.6 Å². The summed E-state index contributed by atoms with van der Waals surface area (Å²) in [6.07, 6.45) is 0. The molecular formula is C18H20N4O4S. The number of piperazine rings is 1. The molecule has 1 fully saturated rings. The van der Waals surface area contributed by atoms with Crippen molar-refractivity contribution in [1.29, 1.82) is 0 Å². The fourth-order valence-corrected chi connectivity index (χ4v) is 3.49. The van der Waals surface area contributed by atoms with Crippen LogP contribution in [0.3, 0.4) is 0 Å². The normalized spacial score (nSPS) is 16.9. The molecule has 142 valence electrons. The highest BCUT2D eigenvalue weighted by molar-refractivity contribution is 7.07. The van der Waals surface area contributed by atoms with Gasteiger partial charge in [0.05, 0.1) is 11.1 Å². The number of nitrogens with zero attached hydrogens (tertiary/aromatic N) is 3. The summed E-state index contributed by atoms with van der Waals surface area (Å²) in [4.78, 5) is 43.2. The number of urea groups is 1. The molecule has 2 N–H and O–H groups in total. The fraction of sp³-hybridized carbons (Fsp3) is 0.333. The van der Waals surface area contributed by atoms with E-state index in [9.17, 15) is 14.4 Å². The van der Waals surface area contributed by atoms with E-state index in [-0.39, 0.29) is 23.5 Å². The molecule has 1 aromatic carbocycles. The van der Waals surface area contributed by atoms with Gasteiger partial charge in [-0.1, -0.05) is 12.1 Å². The highest BCUT2D eigenvalue weighted by Crippen LogP contribution is 2.14. The van der Waals surface area contributed by atoms with Crippen LogP contribution >= 0.6 is 11.3 Å². The van der Waals surface area contributed by atoms with E-state index in [4.69, 9.17) is 5.11 Å². The number of thiazole rings is 1. The molecular weight excluding hydrogens is 368 g/mol. The molecule has 0 radical (unpaired) electrons. The third-order valence-corrected chi connectivity index (χ3v) is 5.06. The number of rotatable bonds is 4. The molecule has 27 heavy (non-hydrogen) atoms. The molecule has 3 rings (SSSR count). The van der Waals surface area contributed by atoms with E-state index >= 15 is 0 Å². The molecule has 3 amide bonds. The number of carbonyl (C=O) groups is 3. The summed E-state index contributed by atoms with van der Waals surface area (Å²) in [6.45, 7) is 3.57. The number of hydrogen-bond acceptors (Lipinski definition) is 5. The minimum atomic E-state index is -0.982. The van der Waals surface area contributed by atoms with Gasteiger partial charge >= 0.3 is 12.0 Å². The zero-order valence-corrected chi connectivity index (χ0v) is 15.6. The maximum absolute atomic E-state index is 12.4. The van der Waals surface area contributed by atoms with Crippen molar-refractivity contribution in [2.45, 2.75) is 19.5 Å². The van der Waals surface area contributed by atoms with E-state index in [1.54, 1.807) is 32.8 Å². The Hall–Kier alpha value is -2.94. The summed E-state index contributed by atoms with van der Waals surface area (Å²) in [7, 11) is 0. The predicted molar refractivity (Wildman–Crippen MR) is 99.8 cm³/mol. The lowest BCUT2D eigenvalue weighted by atomic mass is 10.1. The molecule has 9 heteroatoms. The Labute approximate surface area is 160 Å². The first-order chi connectivity index (χ1) is 13.0. The number of aromatic carboxylic acids is 1. The van der Waals surface area contributed by atoms with Crippen LogP contribution in [0.1, 0.15) is 33.3 Å². The van der Waals surface area contributed by atoms with E-state index in [1.165, 1.54) is 23.5 Å². The second kappa shape index (κ2) is 8.17. The Morgan fingerprint density at radius 1 is 1.26 bits per heavy atom. The van der Waals surface area contributed by atoms with Gasteiger partial charge < -0.3 is 20.2 Å². The van der Waals surface area contributed by atoms with Crippen molar-refractivity contribution < 1.29 is 19.5 Å². The molecule has 0 unspecified atom stereocenters. The number of aromatic nitrogens is 1. The maximum Gasteiger partial charge on any atom is 0.335 e. The molecule has 0 bridgehead atoms. The third kappa shape index (κ3) is 4.43. The first-order valence-corrected chi connectivity index (χ1v) is 9.44. The molecule has 1 aliphatic rings. The minimum absolute atomic E-state index is 0.103. The molecule has 0 aliphatic carbocycles. The van der Waals surface area contributed by atoms with Gasteiger partial charge in [-0.2, -0.15) is 0 Å². The third-order valence-electron chi connectivity index (χ3n) is 4.47. The van der Waals surface area contributed by atoms with E-state index in [0.29, 0.717) is 31.9 Å². The number of carboxylic acids is 1. The molecule has 2 aromatic rings. The largest absolute Gasteiger partial charge is 0.478 e. The standard InChI is InChI=1S/C18H20N4O4S/c1-12-9-21(6-7-22(12)16(23)15-10-27-11-20-15)18(26)19-8-13-2-4-14(5-3-13)17(24)25/h2-5,10-12H,6-9H2,1H3,(H,19,26)(H,24,25)/t12-/m0/s1. The van der Waals surface area contributed by atoms with Gasteiger partial charge in [0.15, 0.2) is 0 Å². The van der Waals surface area contributed by atoms with E-state index in [1.807, 2.05) is 6.92 Å². The fourth-order valence-electron chi connectivity index (χ4n) is 2.96. The summed E-state index contributed by atoms with van der Waals surface area (Å²) in [5.41, 5.74) is 3.10. The van der Waals surface area contributed by atoms with Gasteiger partial charge in [0, 0.05) is 37.6 Å². The molecule has 1 aliphatic heterocycles. The van der Waals surface area contributed by atoms with Gasteiger partial charge in [0.1, 0.15) is 5.69 Å². The summed E-state index contributed by atoms with van der Waals surface area (Å²) in [5, 5.41) is 13.5. The number of hydrogen-bond donors (Lipinski definition) is 2. The Morgan fingerprint density at radius 2 is 2.00 bits per heavy atom. The van der Waals surface area contributed by atoms with Crippen LogP contribution in [0.25, 0.3) is 0 Å². The number of amides is 3. The first kappa shape index (κ1) is 18.8. The van der Waals surface area contributed by atoms with Crippen LogP contribution in [-0.4, -0.2) is 63.5 Å². The van der Waals surface area contributed by atoms with Crippen molar-refractivity contribution in [2.24, 2.45) is 0 Å². The van der Waals surface area contributed by atoms with Crippen LogP contribution in [0.5, 0.6) is 0 Å². The van der Waals surface area contributed by atoms with Gasteiger partial charge in [-0.25, -0.2) is 14.6 Å². The van der Waals surface area contributed by atoms with Crippen molar-refractivity contribution in [3.05, 3.63) is 52.0 Å². The average molecular weight is 388 g/mol. The van der Waals surface area contributed by atoms with Gasteiger partial charge in [-0.3, -0.25) is 4.79 Å². The van der Waals surface area contributed by atoms with E-state index in [0.717, 1.165) is 5.56 Å². The second-order valence-electron chi connectivity index (χ2n) is 6.33. The minimum Gasteiger partial charge on any atom is -0.478 e. The SMILES string of the molecule is C[C@H]1CN(C(=O)NCc2ccc(C(=O)O)cc2)CCN1C(=O)c1cscn1. The quantitative estimate of drug-likeness (QED) is 0.833. The van der Waals surface area contributed by atoms with E-state index in [2.05, 4.69) is 10.3 Å². The number of benzene rings is 1. The van der Waals surface area contributed by atoms with Crippen molar-refractivity contribution in [3.8, 4) is 0 Å². The summed E-state index contributed by atoms with van der Waals surface area (Å²) in [5.74, 6) is -1.09. The molecule has 0 spiro atoms. The number of carboxylic acid groups (broad SMARTS) is 1. The smallest absolute Gasteiger partial charge is 0.335 e. The lowest BCUT2D eigenvalue weighted by molar-refractivity contribution is 0.0534. The summed E-state index contributed by atoms with van der Waals surface area (Å²) < 4.78 is 0. The van der Waals surface area contributed by atoms with Crippen LogP contribution in [-0.2, 0) is 6.54 Å². The zero-order chi connectivity index (χ0) is 19.4. The lowest BCUT2D eigenvalue weighted by Crippen LogP contribution is -2.57. The van der Waals surface area contributed by atoms with Crippen LogP contribution < -0.4 is 5.32 Å². The monoisotopic (exact) mass is 388 g/mol. The van der Waals surface area contributed by atoms with Crippen molar-refractivity contribution in [1.82, 2.24) is 20.1 Å². The summed E-state index contributed by atoms with van der Waals surface area (Å²) in [6, 6.07) is 6.07. The Morgan fingerprint density at radius 3 is 2.59 bits per heavy atom. The van der Waals surface area contributed by atoms with Crippen LogP contribution in [0, 0.1) is 0 Å². The topological polar surface area (TPSA) is 103 Å². The maximum atomic E-state index is 12.4. The molecule has 1 atom stereocenters. The number of carbonyl (C=O) groups excluding carboxylic acids is 2. The van der Waals surface area contributed by atoms with Crippen LogP contribution in [0.4, 0.5) is 4.79 Å². The molecule has 0 saturated carbocycles. The number of nitrogens with one attached hydrogen (secondary N) is 1. The van der Waals surface area contributed by atoms with Gasteiger partial charge in [0.25, 0.3) is 5.91 Å². The highest BCUT2D eigenvalue weighted by atomic mass is 32.1. The lowest BCUT2D eigenvalue weighted by Gasteiger charge is -2.39. The summed E-state index contributed by atoms with van der Waals surface area (Å²) >= 11 is 1.38. The average Bonchev–Trinajstić information content (AvgIpc) is 3.20. The van der Waals surface area contributed by atoms with Crippen molar-refractivity contribution in [3.63, 3.8) is 0 Å². The molecule has 1 aromatic heterocycles. The van der Waals surface area contributed by atoms with Gasteiger partial charge in [-0.05, 0) is 24.6 Å². The molecule has 8 nitrogen and oxygen atoms in total.